The highest BCUT2D eigenvalue weighted by atomic mass is 19.4. The lowest BCUT2D eigenvalue weighted by atomic mass is 9.96. The fraction of sp³-hybridized carbons (Fsp3) is 0.917. The molecular formula is C12H21F3N2O. The molecular weight excluding hydrogens is 245 g/mol. The van der Waals surface area contributed by atoms with Crippen LogP contribution in [0.4, 0.5) is 18.0 Å². The van der Waals surface area contributed by atoms with Crippen LogP contribution in [0.5, 0.6) is 0 Å². The van der Waals surface area contributed by atoms with Crippen LogP contribution in [0.15, 0.2) is 0 Å². The van der Waals surface area contributed by atoms with Gasteiger partial charge in [-0.25, -0.2) is 4.79 Å². The number of amides is 2. The molecule has 1 aliphatic carbocycles. The maximum atomic E-state index is 12.4. The number of rotatable bonds is 3. The third-order valence-corrected chi connectivity index (χ3v) is 3.17. The first-order valence-corrected chi connectivity index (χ1v) is 6.43. The Morgan fingerprint density at radius 1 is 1.28 bits per heavy atom. The van der Waals surface area contributed by atoms with E-state index in [1.807, 2.05) is 0 Å². The van der Waals surface area contributed by atoms with Crippen molar-refractivity contribution in [1.29, 1.82) is 0 Å². The van der Waals surface area contributed by atoms with Gasteiger partial charge in [-0.2, -0.15) is 13.2 Å². The van der Waals surface area contributed by atoms with Gasteiger partial charge in [0, 0.05) is 12.1 Å². The number of alkyl halides is 3. The second kappa shape index (κ2) is 6.29. The summed E-state index contributed by atoms with van der Waals surface area (Å²) in [6.45, 7) is 1.99. The monoisotopic (exact) mass is 266 g/mol. The zero-order valence-electron chi connectivity index (χ0n) is 10.9. The average molecular weight is 266 g/mol. The molecule has 0 aromatic rings. The lowest BCUT2D eigenvalue weighted by Crippen LogP contribution is -2.51. The summed E-state index contributed by atoms with van der Waals surface area (Å²) in [5.41, 5.74) is 0. The Kier molecular flexibility index (Phi) is 5.28. The van der Waals surface area contributed by atoms with Crippen molar-refractivity contribution in [3.05, 3.63) is 0 Å². The predicted molar refractivity (Wildman–Crippen MR) is 63.3 cm³/mol. The van der Waals surface area contributed by atoms with Crippen LogP contribution < -0.4 is 5.32 Å². The highest BCUT2D eigenvalue weighted by Crippen LogP contribution is 2.20. The van der Waals surface area contributed by atoms with E-state index in [-0.39, 0.29) is 6.04 Å². The minimum Gasteiger partial charge on any atom is -0.335 e. The van der Waals surface area contributed by atoms with E-state index in [0.29, 0.717) is 0 Å². The molecule has 1 saturated carbocycles. The van der Waals surface area contributed by atoms with Crippen molar-refractivity contribution in [1.82, 2.24) is 10.2 Å². The number of carbonyl (C=O) groups excluding carboxylic acids is 1. The predicted octanol–water partition coefficient (Wildman–Crippen LogP) is 3.30. The zero-order valence-corrected chi connectivity index (χ0v) is 10.9. The lowest BCUT2D eigenvalue weighted by molar-refractivity contribution is -0.142. The maximum absolute atomic E-state index is 12.4. The van der Waals surface area contributed by atoms with E-state index in [1.54, 1.807) is 13.8 Å². The maximum Gasteiger partial charge on any atom is 0.406 e. The third-order valence-electron chi connectivity index (χ3n) is 3.17. The summed E-state index contributed by atoms with van der Waals surface area (Å²) in [5.74, 6) is 0. The van der Waals surface area contributed by atoms with Crippen molar-refractivity contribution in [3.8, 4) is 0 Å². The van der Waals surface area contributed by atoms with E-state index in [0.717, 1.165) is 37.0 Å². The van der Waals surface area contributed by atoms with Gasteiger partial charge in [0.05, 0.1) is 0 Å². The van der Waals surface area contributed by atoms with Crippen molar-refractivity contribution >= 4 is 6.03 Å². The Morgan fingerprint density at radius 2 is 1.83 bits per heavy atom. The molecule has 18 heavy (non-hydrogen) atoms. The molecule has 2 amide bonds. The van der Waals surface area contributed by atoms with E-state index in [4.69, 9.17) is 0 Å². The Hall–Kier alpha value is -0.940. The zero-order chi connectivity index (χ0) is 13.8. The first kappa shape index (κ1) is 15.1. The summed E-state index contributed by atoms with van der Waals surface area (Å²) in [4.78, 5) is 12.7. The molecule has 0 aromatic heterocycles. The standard InChI is InChI=1S/C12H21F3N2O/c1-9(2)17(8-12(13,14)15)11(18)16-10-6-4-3-5-7-10/h9-10H,3-8H2,1-2H3,(H,16,18). The van der Waals surface area contributed by atoms with Gasteiger partial charge in [0.15, 0.2) is 0 Å². The second-order valence-corrected chi connectivity index (χ2v) is 5.12. The Morgan fingerprint density at radius 3 is 2.28 bits per heavy atom. The topological polar surface area (TPSA) is 32.3 Å². The quantitative estimate of drug-likeness (QED) is 0.835. The van der Waals surface area contributed by atoms with Gasteiger partial charge in [0.25, 0.3) is 0 Å². The Bertz CT molecular complexity index is 273. The first-order valence-electron chi connectivity index (χ1n) is 6.43. The van der Waals surface area contributed by atoms with E-state index in [1.165, 1.54) is 0 Å². The molecule has 1 N–H and O–H groups in total. The Labute approximate surface area is 106 Å². The number of halogens is 3. The molecule has 0 saturated heterocycles. The van der Waals surface area contributed by atoms with Gasteiger partial charge in [-0.05, 0) is 26.7 Å². The van der Waals surface area contributed by atoms with Crippen LogP contribution in [0.3, 0.4) is 0 Å². The van der Waals surface area contributed by atoms with Crippen molar-refractivity contribution in [2.75, 3.05) is 6.54 Å². The fourth-order valence-electron chi connectivity index (χ4n) is 2.19. The summed E-state index contributed by atoms with van der Waals surface area (Å²) in [5, 5.41) is 2.71. The SMILES string of the molecule is CC(C)N(CC(F)(F)F)C(=O)NC1CCCCC1. The average Bonchev–Trinajstić information content (AvgIpc) is 2.25. The number of urea groups is 1. The number of nitrogens with one attached hydrogen (secondary N) is 1. The van der Waals surface area contributed by atoms with Crippen LogP contribution in [0.2, 0.25) is 0 Å². The summed E-state index contributed by atoms with van der Waals surface area (Å²) < 4.78 is 37.1. The van der Waals surface area contributed by atoms with Crippen molar-refractivity contribution < 1.29 is 18.0 Å². The number of hydrogen-bond donors (Lipinski definition) is 1. The smallest absolute Gasteiger partial charge is 0.335 e. The fourth-order valence-corrected chi connectivity index (χ4v) is 2.19. The molecule has 0 bridgehead atoms. The van der Waals surface area contributed by atoms with Crippen molar-refractivity contribution in [3.63, 3.8) is 0 Å². The van der Waals surface area contributed by atoms with Crippen LogP contribution in [0.1, 0.15) is 46.0 Å². The van der Waals surface area contributed by atoms with E-state index in [9.17, 15) is 18.0 Å². The van der Waals surface area contributed by atoms with Gasteiger partial charge in [-0.1, -0.05) is 19.3 Å². The van der Waals surface area contributed by atoms with Gasteiger partial charge in [-0.15, -0.1) is 0 Å². The molecule has 0 unspecified atom stereocenters. The summed E-state index contributed by atoms with van der Waals surface area (Å²) in [7, 11) is 0. The van der Waals surface area contributed by atoms with Crippen molar-refractivity contribution in [2.24, 2.45) is 0 Å². The van der Waals surface area contributed by atoms with Crippen LogP contribution in [0, 0.1) is 0 Å². The van der Waals surface area contributed by atoms with Gasteiger partial charge in [0.1, 0.15) is 6.54 Å². The number of hydrogen-bond acceptors (Lipinski definition) is 1. The molecule has 1 rings (SSSR count). The minimum absolute atomic E-state index is 0.0285. The summed E-state index contributed by atoms with van der Waals surface area (Å²) in [6.07, 6.45) is 0.585. The molecule has 0 spiro atoms. The van der Waals surface area contributed by atoms with Gasteiger partial charge >= 0.3 is 12.2 Å². The van der Waals surface area contributed by atoms with Gasteiger partial charge < -0.3 is 10.2 Å². The lowest BCUT2D eigenvalue weighted by Gasteiger charge is -2.31. The molecule has 1 fully saturated rings. The molecule has 0 atom stereocenters. The van der Waals surface area contributed by atoms with Crippen LogP contribution in [-0.2, 0) is 0 Å². The molecule has 3 nitrogen and oxygen atoms in total. The van der Waals surface area contributed by atoms with E-state index >= 15 is 0 Å². The molecule has 0 aromatic carbocycles. The molecule has 0 radical (unpaired) electrons. The van der Waals surface area contributed by atoms with Crippen LogP contribution in [-0.4, -0.2) is 35.7 Å². The normalized spacial score (nSPS) is 17.9. The summed E-state index contributed by atoms with van der Waals surface area (Å²) in [6, 6.07) is -1.04. The summed E-state index contributed by atoms with van der Waals surface area (Å²) >= 11 is 0. The van der Waals surface area contributed by atoms with Gasteiger partial charge in [0.2, 0.25) is 0 Å². The highest BCUT2D eigenvalue weighted by Gasteiger charge is 2.34. The van der Waals surface area contributed by atoms with E-state index in [2.05, 4.69) is 5.32 Å². The molecule has 106 valence electrons. The van der Waals surface area contributed by atoms with E-state index < -0.39 is 24.8 Å². The highest BCUT2D eigenvalue weighted by molar-refractivity contribution is 5.74. The molecule has 1 aliphatic rings. The van der Waals surface area contributed by atoms with Crippen LogP contribution in [0.25, 0.3) is 0 Å². The second-order valence-electron chi connectivity index (χ2n) is 5.12. The number of nitrogens with zero attached hydrogens (tertiary/aromatic N) is 1. The number of carbonyl (C=O) groups is 1. The van der Waals surface area contributed by atoms with Crippen LogP contribution >= 0.6 is 0 Å². The van der Waals surface area contributed by atoms with Gasteiger partial charge in [-0.3, -0.25) is 0 Å². The van der Waals surface area contributed by atoms with Crippen molar-refractivity contribution in [2.45, 2.75) is 64.2 Å². The Balaban J connectivity index is 2.53. The first-order chi connectivity index (χ1) is 8.29. The minimum atomic E-state index is -4.35. The molecule has 0 aliphatic heterocycles. The molecule has 6 heteroatoms. The largest absolute Gasteiger partial charge is 0.406 e. The third kappa shape index (κ3) is 5.14. The molecule has 0 heterocycles.